The van der Waals surface area contributed by atoms with Crippen LogP contribution >= 0.6 is 0 Å². The molecule has 1 fully saturated rings. The van der Waals surface area contributed by atoms with Crippen molar-refractivity contribution in [2.45, 2.75) is 37.9 Å². The maximum Gasteiger partial charge on any atom is 0.220 e. The minimum absolute atomic E-state index is 0.0451. The predicted molar refractivity (Wildman–Crippen MR) is 118 cm³/mol. The Labute approximate surface area is 193 Å². The Morgan fingerprint density at radius 1 is 1.21 bits per heavy atom. The Bertz CT molecular complexity index is 1290. The predicted octanol–water partition coefficient (Wildman–Crippen LogP) is -0.103. The first kappa shape index (κ1) is 23.3. The number of nitrogens with two attached hydrogens (primary N) is 1. The Morgan fingerprint density at radius 3 is 2.59 bits per heavy atom. The van der Waals surface area contributed by atoms with Crippen LogP contribution in [0, 0.1) is 11.8 Å². The topological polar surface area (TPSA) is 175 Å². The SMILES string of the molecule is CONc1nc(C#Cc2ccc(C(C)=O)cc2)nc2c1ncn2[C@@H]1O[C@@H](CC(N)=O)[C@@H](O)[C@H]1O. The number of primary amides is 1. The van der Waals surface area contributed by atoms with Crippen molar-refractivity contribution >= 4 is 28.7 Å². The van der Waals surface area contributed by atoms with Gasteiger partial charge in [0.2, 0.25) is 11.7 Å². The van der Waals surface area contributed by atoms with Crippen molar-refractivity contribution in [3.8, 4) is 11.8 Å². The lowest BCUT2D eigenvalue weighted by molar-refractivity contribution is -0.122. The molecule has 3 heterocycles. The highest BCUT2D eigenvalue weighted by molar-refractivity contribution is 5.94. The van der Waals surface area contributed by atoms with Gasteiger partial charge in [-0.1, -0.05) is 18.1 Å². The zero-order chi connectivity index (χ0) is 24.4. The smallest absolute Gasteiger partial charge is 0.220 e. The lowest BCUT2D eigenvalue weighted by atomic mass is 10.1. The van der Waals surface area contributed by atoms with E-state index >= 15 is 0 Å². The molecule has 4 atom stereocenters. The third kappa shape index (κ3) is 4.59. The van der Waals surface area contributed by atoms with E-state index in [1.807, 2.05) is 0 Å². The van der Waals surface area contributed by atoms with E-state index in [0.717, 1.165) is 0 Å². The Hall–Kier alpha value is -3.89. The van der Waals surface area contributed by atoms with Crippen LogP contribution in [0.3, 0.4) is 0 Å². The molecule has 1 aliphatic heterocycles. The lowest BCUT2D eigenvalue weighted by Crippen LogP contribution is -2.33. The summed E-state index contributed by atoms with van der Waals surface area (Å²) >= 11 is 0. The normalized spacial score (nSPS) is 21.8. The summed E-state index contributed by atoms with van der Waals surface area (Å²) in [6, 6.07) is 6.78. The molecular formula is C22H22N6O6. The van der Waals surface area contributed by atoms with Gasteiger partial charge in [-0.2, -0.15) is 4.98 Å². The maximum absolute atomic E-state index is 11.4. The summed E-state index contributed by atoms with van der Waals surface area (Å²) in [5.41, 5.74) is 9.61. The van der Waals surface area contributed by atoms with Gasteiger partial charge in [-0.3, -0.25) is 19.0 Å². The molecule has 1 saturated heterocycles. The van der Waals surface area contributed by atoms with Crippen LogP contribution in [0.1, 0.15) is 41.3 Å². The molecule has 4 rings (SSSR count). The fraction of sp³-hybridized carbons (Fsp3) is 0.318. The quantitative estimate of drug-likeness (QED) is 0.218. The summed E-state index contributed by atoms with van der Waals surface area (Å²) in [7, 11) is 1.40. The molecule has 0 aliphatic carbocycles. The molecule has 1 amide bonds. The number of hydrogen-bond donors (Lipinski definition) is 4. The first-order valence-electron chi connectivity index (χ1n) is 10.2. The molecule has 0 radical (unpaired) electrons. The van der Waals surface area contributed by atoms with Crippen molar-refractivity contribution in [2.24, 2.45) is 5.73 Å². The summed E-state index contributed by atoms with van der Waals surface area (Å²) in [6.45, 7) is 1.48. The minimum Gasteiger partial charge on any atom is -0.388 e. The van der Waals surface area contributed by atoms with Crippen molar-refractivity contribution in [2.75, 3.05) is 12.6 Å². The molecule has 0 unspecified atom stereocenters. The molecule has 12 nitrogen and oxygen atoms in total. The molecule has 2 aromatic heterocycles. The molecule has 3 aromatic rings. The van der Waals surface area contributed by atoms with Crippen LogP contribution < -0.4 is 11.2 Å². The minimum atomic E-state index is -1.36. The number of amides is 1. The number of aliphatic hydroxyl groups excluding tert-OH is 2. The van der Waals surface area contributed by atoms with E-state index in [1.54, 1.807) is 24.3 Å². The number of hydrogen-bond acceptors (Lipinski definition) is 10. The average molecular weight is 466 g/mol. The number of carbonyl (C=O) groups is 2. The monoisotopic (exact) mass is 466 g/mol. The molecule has 34 heavy (non-hydrogen) atoms. The van der Waals surface area contributed by atoms with Crippen LogP contribution in [0.5, 0.6) is 0 Å². The molecule has 5 N–H and O–H groups in total. The van der Waals surface area contributed by atoms with E-state index in [1.165, 1.54) is 24.9 Å². The first-order chi connectivity index (χ1) is 16.3. The second kappa shape index (κ2) is 9.54. The van der Waals surface area contributed by atoms with Crippen molar-refractivity contribution in [1.29, 1.82) is 0 Å². The number of Topliss-reactive ketones (excluding diaryl/α,β-unsaturated/α-hetero) is 1. The Morgan fingerprint density at radius 2 is 1.94 bits per heavy atom. The van der Waals surface area contributed by atoms with E-state index in [-0.39, 0.29) is 29.5 Å². The summed E-state index contributed by atoms with van der Waals surface area (Å²) < 4.78 is 7.11. The second-order valence-electron chi connectivity index (χ2n) is 7.63. The van der Waals surface area contributed by atoms with Gasteiger partial charge >= 0.3 is 0 Å². The standard InChI is InChI=1S/C22H22N6O6/c1-11(29)13-6-3-12(4-7-13)5-8-16-25-20(27-33-2)17-21(26-16)28(10-24-17)22-19(32)18(31)14(34-22)9-15(23)30/h3-4,6-7,10,14,18-19,22,31-32H,9H2,1-2H3,(H2,23,30)(H,25,26,27)/t14-,18+,19+,22+/m0/s1. The fourth-order valence-electron chi connectivity index (χ4n) is 3.57. The number of anilines is 1. The largest absolute Gasteiger partial charge is 0.388 e. The van der Waals surface area contributed by atoms with Gasteiger partial charge in [0.05, 0.1) is 26.0 Å². The zero-order valence-electron chi connectivity index (χ0n) is 18.3. The van der Waals surface area contributed by atoms with Gasteiger partial charge in [0.25, 0.3) is 0 Å². The number of imidazole rings is 1. The molecule has 1 aromatic carbocycles. The zero-order valence-corrected chi connectivity index (χ0v) is 18.3. The number of aliphatic hydroxyl groups is 2. The highest BCUT2D eigenvalue weighted by atomic mass is 16.6. The second-order valence-corrected chi connectivity index (χ2v) is 7.63. The molecule has 0 spiro atoms. The molecule has 12 heteroatoms. The van der Waals surface area contributed by atoms with E-state index in [0.29, 0.717) is 16.6 Å². The number of aromatic nitrogens is 4. The summed E-state index contributed by atoms with van der Waals surface area (Å²) in [5, 5.41) is 20.8. The Kier molecular flexibility index (Phi) is 6.53. The van der Waals surface area contributed by atoms with Crippen molar-refractivity contribution in [3.05, 3.63) is 47.5 Å². The third-order valence-corrected chi connectivity index (χ3v) is 5.24. The number of nitrogens with zero attached hydrogens (tertiary/aromatic N) is 4. The van der Waals surface area contributed by atoms with Gasteiger partial charge in [-0.15, -0.1) is 0 Å². The van der Waals surface area contributed by atoms with Gasteiger partial charge in [0.1, 0.15) is 12.2 Å². The molecule has 0 bridgehead atoms. The number of benzene rings is 1. The third-order valence-electron chi connectivity index (χ3n) is 5.24. The maximum atomic E-state index is 11.4. The van der Waals surface area contributed by atoms with Crippen molar-refractivity contribution < 1.29 is 29.4 Å². The highest BCUT2D eigenvalue weighted by Crippen LogP contribution is 2.33. The van der Waals surface area contributed by atoms with Gasteiger partial charge in [-0.05, 0) is 25.0 Å². The number of nitrogens with one attached hydrogen (secondary N) is 1. The van der Waals surface area contributed by atoms with E-state index in [2.05, 4.69) is 32.3 Å². The molecule has 0 saturated carbocycles. The lowest BCUT2D eigenvalue weighted by Gasteiger charge is -2.16. The number of ether oxygens (including phenoxy) is 1. The first-order valence-corrected chi connectivity index (χ1v) is 10.2. The summed E-state index contributed by atoms with van der Waals surface area (Å²) in [5.74, 6) is 5.41. The van der Waals surface area contributed by atoms with E-state index in [9.17, 15) is 19.8 Å². The van der Waals surface area contributed by atoms with Crippen LogP contribution in [0.15, 0.2) is 30.6 Å². The van der Waals surface area contributed by atoms with E-state index in [4.69, 9.17) is 15.3 Å². The van der Waals surface area contributed by atoms with Crippen LogP contribution in [-0.4, -0.2) is 66.8 Å². The fourth-order valence-corrected chi connectivity index (χ4v) is 3.57. The number of carbonyl (C=O) groups excluding carboxylic acids is 2. The summed E-state index contributed by atoms with van der Waals surface area (Å²) in [4.78, 5) is 40.7. The number of fused-ring (bicyclic) bond motifs is 1. The van der Waals surface area contributed by atoms with Crippen molar-refractivity contribution in [3.63, 3.8) is 0 Å². The van der Waals surface area contributed by atoms with Crippen LogP contribution in [0.25, 0.3) is 11.2 Å². The van der Waals surface area contributed by atoms with Crippen LogP contribution in [-0.2, 0) is 14.4 Å². The molecule has 1 aliphatic rings. The summed E-state index contributed by atoms with van der Waals surface area (Å²) in [6.07, 6.45) is -3.63. The van der Waals surface area contributed by atoms with Gasteiger partial charge < -0.3 is 20.7 Å². The van der Waals surface area contributed by atoms with Crippen molar-refractivity contribution in [1.82, 2.24) is 19.5 Å². The van der Waals surface area contributed by atoms with E-state index < -0.39 is 30.4 Å². The van der Waals surface area contributed by atoms with Crippen LogP contribution in [0.2, 0.25) is 0 Å². The van der Waals surface area contributed by atoms with Gasteiger partial charge in [0, 0.05) is 11.1 Å². The van der Waals surface area contributed by atoms with Gasteiger partial charge in [0.15, 0.2) is 29.0 Å². The van der Waals surface area contributed by atoms with Gasteiger partial charge in [-0.25, -0.2) is 15.4 Å². The number of ketones is 1. The highest BCUT2D eigenvalue weighted by Gasteiger charge is 2.44. The number of rotatable bonds is 6. The molecule has 176 valence electrons. The average Bonchev–Trinajstić information content (AvgIpc) is 3.34. The Balaban J connectivity index is 1.71. The van der Waals surface area contributed by atoms with Crippen LogP contribution in [0.4, 0.5) is 5.82 Å². The molecular weight excluding hydrogens is 444 g/mol.